The Morgan fingerprint density at radius 1 is 0.955 bits per heavy atom. The van der Waals surface area contributed by atoms with E-state index in [2.05, 4.69) is 30.6 Å². The maximum absolute atomic E-state index is 15.0. The van der Waals surface area contributed by atoms with Gasteiger partial charge in [0.05, 0.1) is 17.4 Å². The quantitative estimate of drug-likeness (QED) is 0.105. The average Bonchev–Trinajstić information content (AvgIpc) is 4.19. The Bertz CT molecular complexity index is 2870. The van der Waals surface area contributed by atoms with Crippen molar-refractivity contribution >= 4 is 61.4 Å². The summed E-state index contributed by atoms with van der Waals surface area (Å²) in [4.78, 5) is 67.1. The second kappa shape index (κ2) is 18.0. The van der Waals surface area contributed by atoms with E-state index in [0.717, 1.165) is 25.0 Å². The minimum Gasteiger partial charge on any atom is -0.470 e. The van der Waals surface area contributed by atoms with E-state index in [4.69, 9.17) is 9.15 Å². The van der Waals surface area contributed by atoms with Crippen LogP contribution in [-0.4, -0.2) is 88.5 Å². The summed E-state index contributed by atoms with van der Waals surface area (Å²) >= 11 is 0. The van der Waals surface area contributed by atoms with E-state index in [1.807, 2.05) is 26.0 Å². The molecule has 67 heavy (non-hydrogen) atoms. The summed E-state index contributed by atoms with van der Waals surface area (Å²) in [5, 5.41) is 8.99. The van der Waals surface area contributed by atoms with Crippen LogP contribution < -0.4 is 25.4 Å². The van der Waals surface area contributed by atoms with Crippen LogP contribution in [0.5, 0.6) is 5.88 Å². The Hall–Kier alpha value is -6.50. The first-order valence-corrected chi connectivity index (χ1v) is 24.1. The summed E-state index contributed by atoms with van der Waals surface area (Å²) in [6, 6.07) is 16.0. The number of para-hydroxylation sites is 1. The Morgan fingerprint density at radius 3 is 2.42 bits per heavy atom. The van der Waals surface area contributed by atoms with Crippen LogP contribution in [0.1, 0.15) is 87.6 Å². The largest absolute Gasteiger partial charge is 0.470 e. The standard InChI is InChI=1S/C48H50F3N7O8S/c1-27(2)52-42(59)29-16-20-32(21-17-29)53-36-12-7-5-3-4-6-10-31-25-47(31,46(62)57-67(63,64)34-22-23-34)56-43(60)37-24-33(26-58(37)45(36)61)65-44-40-39(35-11-8-9-13-38(35)66-40)54-41(55-44)28-14-18-30(19-15-28)48(49,50)51/h6,8-11,13-21,27,31,33-34,36-37,53H,3-5,7,12,22-26H2,1-2H3,(H,52,59)(H,56,60)(H,57,62)/b10-6-/t31-,33-,36+,37+,47-/m1/s1. The number of hydrogen-bond acceptors (Lipinski definition) is 11. The molecule has 2 aliphatic carbocycles. The van der Waals surface area contributed by atoms with Gasteiger partial charge in [-0.15, -0.1) is 0 Å². The first-order chi connectivity index (χ1) is 32.0. The van der Waals surface area contributed by atoms with Crippen molar-refractivity contribution in [2.45, 2.75) is 113 Å². The lowest BCUT2D eigenvalue weighted by molar-refractivity contribution is -0.140. The number of aromatic nitrogens is 2. The lowest BCUT2D eigenvalue weighted by atomic mass is 10.0. The van der Waals surface area contributed by atoms with Crippen LogP contribution in [0.2, 0.25) is 0 Å². The molecular formula is C48H50F3N7O8S. The van der Waals surface area contributed by atoms with Crippen LogP contribution in [-0.2, 0) is 30.6 Å². The number of allylic oxidation sites excluding steroid dienone is 1. The predicted octanol–water partition coefficient (Wildman–Crippen LogP) is 7.03. The van der Waals surface area contributed by atoms with Gasteiger partial charge >= 0.3 is 6.18 Å². The number of halogens is 3. The van der Waals surface area contributed by atoms with Gasteiger partial charge in [0.15, 0.2) is 5.82 Å². The molecule has 3 aromatic carbocycles. The summed E-state index contributed by atoms with van der Waals surface area (Å²) in [5.41, 5.74) is -0.268. The Balaban J connectivity index is 1.06. The van der Waals surface area contributed by atoms with Gasteiger partial charge in [-0.25, -0.2) is 13.4 Å². The van der Waals surface area contributed by atoms with E-state index in [1.54, 1.807) is 48.5 Å². The number of hydrogen-bond donors (Lipinski definition) is 4. The fraction of sp³-hybridized carbons (Fsp3) is 0.417. The molecule has 3 fully saturated rings. The van der Waals surface area contributed by atoms with Crippen LogP contribution in [0.15, 0.2) is 89.4 Å². The number of carbonyl (C=O) groups excluding carboxylic acids is 4. The van der Waals surface area contributed by atoms with Crippen LogP contribution in [0.25, 0.3) is 33.5 Å². The highest BCUT2D eigenvalue weighted by molar-refractivity contribution is 7.91. The normalized spacial score (nSPS) is 24.2. The predicted molar refractivity (Wildman–Crippen MR) is 242 cm³/mol. The summed E-state index contributed by atoms with van der Waals surface area (Å²) in [6.45, 7) is 3.58. The maximum atomic E-state index is 15.0. The van der Waals surface area contributed by atoms with Crippen LogP contribution in [0.3, 0.4) is 0 Å². The van der Waals surface area contributed by atoms with Crippen molar-refractivity contribution in [1.29, 1.82) is 0 Å². The van der Waals surface area contributed by atoms with E-state index < -0.39 is 74.4 Å². The number of amides is 4. The lowest BCUT2D eigenvalue weighted by Crippen LogP contribution is -2.57. The number of rotatable bonds is 10. The number of ether oxygens (including phenoxy) is 1. The monoisotopic (exact) mass is 941 g/mol. The molecule has 4 heterocycles. The molecule has 4 N–H and O–H groups in total. The van der Waals surface area contributed by atoms with Crippen LogP contribution in [0, 0.1) is 5.92 Å². The number of fused-ring (bicyclic) bond motifs is 5. The summed E-state index contributed by atoms with van der Waals surface area (Å²) in [7, 11) is -3.97. The molecule has 0 spiro atoms. The SMILES string of the molecule is CC(C)NC(=O)c1ccc(N[C@H]2CCCCC/C=C\[C@@H]3C[C@@]3(C(=O)NS(=O)(=O)C3CC3)NC(=O)[C@@H]3C[C@@H](Oc4nc(-c5ccc(C(F)(F)F)cc5)nc5c4oc4ccccc45)CN3C2=O)cc1. The first-order valence-electron chi connectivity index (χ1n) is 22.6. The summed E-state index contributed by atoms with van der Waals surface area (Å²) in [6.07, 6.45) is 2.42. The van der Waals surface area contributed by atoms with E-state index in [9.17, 15) is 36.0 Å². The molecule has 5 aromatic rings. The lowest BCUT2D eigenvalue weighted by Gasteiger charge is -2.30. The van der Waals surface area contributed by atoms with Crippen molar-refractivity contribution in [2.75, 3.05) is 11.9 Å². The Morgan fingerprint density at radius 2 is 1.70 bits per heavy atom. The summed E-state index contributed by atoms with van der Waals surface area (Å²) in [5.74, 6) is -2.74. The van der Waals surface area contributed by atoms with Crippen molar-refractivity contribution < 1.29 is 49.9 Å². The van der Waals surface area contributed by atoms with E-state index in [0.29, 0.717) is 59.8 Å². The van der Waals surface area contributed by atoms with Gasteiger partial charge in [-0.05, 0) is 101 Å². The third kappa shape index (κ3) is 9.69. The Kier molecular flexibility index (Phi) is 12.2. The molecule has 0 unspecified atom stereocenters. The molecule has 4 aliphatic rings. The van der Waals surface area contributed by atoms with Gasteiger partial charge in [0.25, 0.3) is 17.7 Å². The second-order valence-electron chi connectivity index (χ2n) is 18.1. The van der Waals surface area contributed by atoms with Crippen molar-refractivity contribution in [1.82, 2.24) is 30.2 Å². The highest BCUT2D eigenvalue weighted by Gasteiger charge is 2.62. The van der Waals surface area contributed by atoms with Crippen molar-refractivity contribution in [2.24, 2.45) is 5.92 Å². The van der Waals surface area contributed by atoms with Gasteiger partial charge in [-0.3, -0.25) is 23.9 Å². The van der Waals surface area contributed by atoms with Crippen molar-refractivity contribution in [3.05, 3.63) is 96.1 Å². The molecule has 352 valence electrons. The van der Waals surface area contributed by atoms with Crippen LogP contribution >= 0.6 is 0 Å². The molecule has 0 bridgehead atoms. The molecule has 15 nitrogen and oxygen atoms in total. The molecule has 0 radical (unpaired) electrons. The summed E-state index contributed by atoms with van der Waals surface area (Å²) < 4.78 is 81.6. The number of furan rings is 1. The fourth-order valence-electron chi connectivity index (χ4n) is 8.85. The maximum Gasteiger partial charge on any atom is 0.416 e. The number of carbonyl (C=O) groups is 4. The fourth-order valence-corrected chi connectivity index (χ4v) is 10.2. The van der Waals surface area contributed by atoms with Gasteiger partial charge < -0.3 is 30.0 Å². The number of nitrogens with one attached hydrogen (secondary N) is 4. The van der Waals surface area contributed by atoms with E-state index >= 15 is 4.79 Å². The molecular weight excluding hydrogens is 892 g/mol. The highest BCUT2D eigenvalue weighted by Crippen LogP contribution is 2.46. The second-order valence-corrected chi connectivity index (χ2v) is 20.1. The molecule has 5 atom stereocenters. The minimum atomic E-state index is -4.57. The highest BCUT2D eigenvalue weighted by atomic mass is 32.2. The third-order valence-electron chi connectivity index (χ3n) is 12.7. The van der Waals surface area contributed by atoms with Gasteiger partial charge in [0, 0.05) is 40.6 Å². The van der Waals surface area contributed by atoms with Gasteiger partial charge in [-0.2, -0.15) is 18.2 Å². The number of nitrogens with zero attached hydrogens (tertiary/aromatic N) is 3. The van der Waals surface area contributed by atoms with Gasteiger partial charge in [0.1, 0.15) is 34.8 Å². The topological polar surface area (TPSA) is 202 Å². The zero-order valence-electron chi connectivity index (χ0n) is 36.8. The number of sulfonamides is 1. The zero-order valence-corrected chi connectivity index (χ0v) is 37.6. The van der Waals surface area contributed by atoms with E-state index in [1.165, 1.54) is 17.0 Å². The van der Waals surface area contributed by atoms with Crippen molar-refractivity contribution in [3.63, 3.8) is 0 Å². The zero-order chi connectivity index (χ0) is 47.3. The Labute approximate surface area is 384 Å². The van der Waals surface area contributed by atoms with Gasteiger partial charge in [-0.1, -0.05) is 49.3 Å². The first kappa shape index (κ1) is 45.6. The third-order valence-corrected chi connectivity index (χ3v) is 14.5. The molecule has 9 rings (SSSR count). The number of alkyl halides is 3. The molecule has 4 amide bonds. The smallest absolute Gasteiger partial charge is 0.416 e. The molecule has 2 aliphatic heterocycles. The number of benzene rings is 3. The van der Waals surface area contributed by atoms with Gasteiger partial charge in [0.2, 0.25) is 27.4 Å². The van der Waals surface area contributed by atoms with Crippen LogP contribution in [0.4, 0.5) is 18.9 Å². The van der Waals surface area contributed by atoms with Crippen molar-refractivity contribution in [3.8, 4) is 17.3 Å². The minimum absolute atomic E-state index is 0.0448. The molecule has 2 saturated carbocycles. The van der Waals surface area contributed by atoms with E-state index in [-0.39, 0.29) is 54.2 Å². The molecule has 2 aromatic heterocycles. The molecule has 1 saturated heterocycles. The number of anilines is 1. The average molecular weight is 942 g/mol. The molecule has 19 heteroatoms.